The van der Waals surface area contributed by atoms with Crippen molar-refractivity contribution in [2.75, 3.05) is 26.9 Å². The summed E-state index contributed by atoms with van der Waals surface area (Å²) in [5, 5.41) is 12.9. The number of aromatic nitrogens is 1. The van der Waals surface area contributed by atoms with Gasteiger partial charge in [0.1, 0.15) is 11.8 Å². The molecule has 6 heteroatoms. The summed E-state index contributed by atoms with van der Waals surface area (Å²) < 4.78 is 10.5. The van der Waals surface area contributed by atoms with Crippen LogP contribution in [-0.4, -0.2) is 55.1 Å². The molecule has 1 fully saturated rings. The number of amides is 1. The number of methoxy groups -OCH3 is 1. The summed E-state index contributed by atoms with van der Waals surface area (Å²) in [6.45, 7) is 2.94. The van der Waals surface area contributed by atoms with Crippen molar-refractivity contribution in [3.63, 3.8) is 0 Å². The first kappa shape index (κ1) is 14.9. The van der Waals surface area contributed by atoms with E-state index in [1.807, 2.05) is 13.0 Å². The van der Waals surface area contributed by atoms with Gasteiger partial charge in [-0.05, 0) is 19.1 Å². The zero-order valence-corrected chi connectivity index (χ0v) is 11.7. The Morgan fingerprint density at radius 3 is 3.05 bits per heavy atom. The van der Waals surface area contributed by atoms with Crippen LogP contribution in [0.5, 0.6) is 0 Å². The van der Waals surface area contributed by atoms with Crippen LogP contribution < -0.4 is 5.32 Å². The lowest BCUT2D eigenvalue weighted by atomic mass is 9.96. The molecule has 1 saturated heterocycles. The number of rotatable bonds is 4. The minimum atomic E-state index is -0.639. The maximum Gasteiger partial charge on any atom is 0.269 e. The Kier molecular flexibility index (Phi) is 5.05. The molecule has 0 aliphatic carbocycles. The summed E-state index contributed by atoms with van der Waals surface area (Å²) in [5.74, 6) is -0.428. The molecule has 1 aliphatic rings. The normalized spacial score (nSPS) is 26.2. The number of hydrogen-bond donors (Lipinski definition) is 2. The Balaban J connectivity index is 1.90. The van der Waals surface area contributed by atoms with Gasteiger partial charge in [-0.25, -0.2) is 4.98 Å². The van der Waals surface area contributed by atoms with Gasteiger partial charge >= 0.3 is 0 Å². The minimum absolute atomic E-state index is 0.178. The molecule has 2 rings (SSSR count). The molecule has 1 aromatic heterocycles. The number of carbonyl (C=O) groups is 1. The summed E-state index contributed by atoms with van der Waals surface area (Å²) >= 11 is 0. The van der Waals surface area contributed by atoms with Gasteiger partial charge in [-0.15, -0.1) is 0 Å². The number of pyridine rings is 1. The second-order valence-corrected chi connectivity index (χ2v) is 4.94. The summed E-state index contributed by atoms with van der Waals surface area (Å²) in [6, 6.07) is 5.28. The molecule has 0 bridgehead atoms. The van der Waals surface area contributed by atoms with Crippen molar-refractivity contribution in [3.8, 4) is 0 Å². The van der Waals surface area contributed by atoms with E-state index in [4.69, 9.17) is 9.47 Å². The van der Waals surface area contributed by atoms with Crippen LogP contribution >= 0.6 is 0 Å². The third-order valence-corrected chi connectivity index (χ3v) is 3.43. The Labute approximate surface area is 118 Å². The molecule has 0 aromatic carbocycles. The van der Waals surface area contributed by atoms with Crippen LogP contribution in [-0.2, 0) is 9.47 Å². The molecule has 1 amide bonds. The highest BCUT2D eigenvalue weighted by Gasteiger charge is 2.32. The molecule has 2 N–H and O–H groups in total. The Hall–Kier alpha value is -1.50. The number of aryl methyl sites for hydroxylation is 1. The van der Waals surface area contributed by atoms with E-state index in [2.05, 4.69) is 10.3 Å². The summed E-state index contributed by atoms with van der Waals surface area (Å²) in [4.78, 5) is 16.1. The second kappa shape index (κ2) is 6.78. The molecule has 1 aliphatic heterocycles. The van der Waals surface area contributed by atoms with Crippen molar-refractivity contribution in [1.82, 2.24) is 10.3 Å². The van der Waals surface area contributed by atoms with E-state index in [-0.39, 0.29) is 17.9 Å². The van der Waals surface area contributed by atoms with Crippen LogP contribution in [0.4, 0.5) is 0 Å². The second-order valence-electron chi connectivity index (χ2n) is 4.94. The monoisotopic (exact) mass is 280 g/mol. The molecule has 110 valence electrons. The van der Waals surface area contributed by atoms with Crippen molar-refractivity contribution in [2.24, 2.45) is 5.92 Å². The molecule has 20 heavy (non-hydrogen) atoms. The van der Waals surface area contributed by atoms with Gasteiger partial charge in [0, 0.05) is 25.3 Å². The molecular weight excluding hydrogens is 260 g/mol. The van der Waals surface area contributed by atoms with Crippen LogP contribution in [0.15, 0.2) is 18.2 Å². The predicted octanol–water partition coefficient (Wildman–Crippen LogP) is 0.142. The van der Waals surface area contributed by atoms with Crippen molar-refractivity contribution in [1.29, 1.82) is 0 Å². The third kappa shape index (κ3) is 3.53. The van der Waals surface area contributed by atoms with E-state index in [1.165, 1.54) is 7.11 Å². The molecular formula is C14H20N2O4. The highest BCUT2D eigenvalue weighted by Crippen LogP contribution is 2.16. The first-order valence-corrected chi connectivity index (χ1v) is 6.62. The van der Waals surface area contributed by atoms with Crippen molar-refractivity contribution in [2.45, 2.75) is 19.1 Å². The molecule has 0 radical (unpaired) electrons. The maximum absolute atomic E-state index is 12.0. The van der Waals surface area contributed by atoms with Gasteiger partial charge in [0.2, 0.25) is 0 Å². The number of carbonyl (C=O) groups excluding carboxylic acids is 1. The van der Waals surface area contributed by atoms with E-state index < -0.39 is 6.10 Å². The predicted molar refractivity (Wildman–Crippen MR) is 72.4 cm³/mol. The van der Waals surface area contributed by atoms with E-state index >= 15 is 0 Å². The van der Waals surface area contributed by atoms with Crippen LogP contribution in [0.1, 0.15) is 16.2 Å². The van der Waals surface area contributed by atoms with E-state index in [0.717, 1.165) is 5.69 Å². The fourth-order valence-electron chi connectivity index (χ4n) is 2.21. The number of aliphatic hydroxyl groups excluding tert-OH is 1. The highest BCUT2D eigenvalue weighted by molar-refractivity contribution is 5.92. The van der Waals surface area contributed by atoms with Crippen molar-refractivity contribution >= 4 is 5.91 Å². The zero-order valence-electron chi connectivity index (χ0n) is 11.7. The van der Waals surface area contributed by atoms with E-state index in [0.29, 0.717) is 25.5 Å². The maximum atomic E-state index is 12.0. The van der Waals surface area contributed by atoms with E-state index in [1.54, 1.807) is 12.1 Å². The average molecular weight is 280 g/mol. The van der Waals surface area contributed by atoms with Crippen LogP contribution in [0.25, 0.3) is 0 Å². The van der Waals surface area contributed by atoms with Gasteiger partial charge in [-0.3, -0.25) is 4.79 Å². The number of ether oxygens (including phenoxy) is 2. The third-order valence-electron chi connectivity index (χ3n) is 3.43. The quantitative estimate of drug-likeness (QED) is 0.820. The molecule has 0 saturated carbocycles. The number of hydrogen-bond acceptors (Lipinski definition) is 5. The van der Waals surface area contributed by atoms with Gasteiger partial charge in [0.05, 0.1) is 19.3 Å². The van der Waals surface area contributed by atoms with Gasteiger partial charge in [-0.2, -0.15) is 0 Å². The topological polar surface area (TPSA) is 80.7 Å². The van der Waals surface area contributed by atoms with Gasteiger partial charge in [0.25, 0.3) is 5.91 Å². The average Bonchev–Trinajstić information content (AvgIpc) is 2.46. The molecule has 3 atom stereocenters. The largest absolute Gasteiger partial charge is 0.390 e. The Bertz CT molecular complexity index is 466. The van der Waals surface area contributed by atoms with Crippen molar-refractivity contribution in [3.05, 3.63) is 29.6 Å². The smallest absolute Gasteiger partial charge is 0.269 e. The van der Waals surface area contributed by atoms with Gasteiger partial charge in [-0.1, -0.05) is 6.07 Å². The number of nitrogens with zero attached hydrogens (tertiary/aromatic N) is 1. The Morgan fingerprint density at radius 1 is 1.55 bits per heavy atom. The highest BCUT2D eigenvalue weighted by atomic mass is 16.5. The summed E-state index contributed by atoms with van der Waals surface area (Å²) in [7, 11) is 1.54. The molecule has 2 heterocycles. The summed E-state index contributed by atoms with van der Waals surface area (Å²) in [5.41, 5.74) is 1.16. The first-order valence-electron chi connectivity index (χ1n) is 6.62. The molecule has 1 aromatic rings. The van der Waals surface area contributed by atoms with E-state index in [9.17, 15) is 9.90 Å². The van der Waals surface area contributed by atoms with Gasteiger partial charge in [0.15, 0.2) is 0 Å². The lowest BCUT2D eigenvalue weighted by molar-refractivity contribution is -0.132. The molecule has 0 unspecified atom stereocenters. The number of nitrogens with one attached hydrogen (secondary N) is 1. The number of aliphatic hydroxyl groups is 1. The Morgan fingerprint density at radius 2 is 2.35 bits per heavy atom. The van der Waals surface area contributed by atoms with Crippen LogP contribution in [0, 0.1) is 12.8 Å². The first-order chi connectivity index (χ1) is 9.61. The van der Waals surface area contributed by atoms with Crippen LogP contribution in [0.3, 0.4) is 0 Å². The minimum Gasteiger partial charge on any atom is -0.390 e. The van der Waals surface area contributed by atoms with Crippen LogP contribution in [0.2, 0.25) is 0 Å². The van der Waals surface area contributed by atoms with Gasteiger partial charge < -0.3 is 19.9 Å². The molecule has 0 spiro atoms. The SMILES string of the molecule is CO[C@@H]1COC[C@@H](CNC(=O)c2cccc(C)n2)[C@@H]1O. The standard InChI is InChI=1S/C14H20N2O4/c1-9-4-3-5-11(16-9)14(18)15-6-10-7-20-8-12(19-2)13(10)17/h3-5,10,12-13,17H,6-8H2,1-2H3,(H,15,18)/t10-,12-,13+/m1/s1. The molecule has 6 nitrogen and oxygen atoms in total. The summed E-state index contributed by atoms with van der Waals surface area (Å²) in [6.07, 6.45) is -0.984. The lowest BCUT2D eigenvalue weighted by Crippen LogP contribution is -2.49. The lowest BCUT2D eigenvalue weighted by Gasteiger charge is -2.33. The van der Waals surface area contributed by atoms with Crippen molar-refractivity contribution < 1.29 is 19.4 Å². The zero-order chi connectivity index (χ0) is 14.5. The fourth-order valence-corrected chi connectivity index (χ4v) is 2.21. The fraction of sp³-hybridized carbons (Fsp3) is 0.571.